The van der Waals surface area contributed by atoms with E-state index in [1.807, 2.05) is 47.4 Å². The first-order valence-corrected chi connectivity index (χ1v) is 10.4. The summed E-state index contributed by atoms with van der Waals surface area (Å²) >= 11 is 0. The highest BCUT2D eigenvalue weighted by molar-refractivity contribution is 6.01. The average molecular weight is 392 g/mol. The van der Waals surface area contributed by atoms with Gasteiger partial charge in [0.2, 0.25) is 11.8 Å². The molecule has 29 heavy (non-hydrogen) atoms. The molecule has 2 aliphatic heterocycles. The van der Waals surface area contributed by atoms with Gasteiger partial charge >= 0.3 is 0 Å². The normalized spacial score (nSPS) is 19.2. The maximum atomic E-state index is 12.7. The molecule has 5 heteroatoms. The third kappa shape index (κ3) is 4.20. The van der Waals surface area contributed by atoms with Gasteiger partial charge in [-0.2, -0.15) is 0 Å². The molecule has 4 rings (SSSR count). The Balaban J connectivity index is 1.34. The molecule has 2 heterocycles. The van der Waals surface area contributed by atoms with Gasteiger partial charge in [0.15, 0.2) is 0 Å². The van der Waals surface area contributed by atoms with E-state index in [4.69, 9.17) is 0 Å². The number of likely N-dealkylation sites (tertiary alicyclic amines) is 1. The molecule has 0 unspecified atom stereocenters. The molecule has 0 aromatic heterocycles. The van der Waals surface area contributed by atoms with Gasteiger partial charge < -0.3 is 14.9 Å². The maximum absolute atomic E-state index is 12.7. The Labute approximate surface area is 171 Å². The second-order valence-corrected chi connectivity index (χ2v) is 8.41. The van der Waals surface area contributed by atoms with Crippen LogP contribution < -0.4 is 4.90 Å². The summed E-state index contributed by atoms with van der Waals surface area (Å²) in [7, 11) is 0. The molecule has 1 N–H and O–H groups in total. The van der Waals surface area contributed by atoms with E-state index in [9.17, 15) is 14.7 Å². The highest BCUT2D eigenvalue weighted by atomic mass is 16.3. The summed E-state index contributed by atoms with van der Waals surface area (Å²) in [5.41, 5.74) is 2.14. The zero-order valence-corrected chi connectivity index (χ0v) is 16.9. The molecule has 1 fully saturated rings. The van der Waals surface area contributed by atoms with Crippen LogP contribution in [0.15, 0.2) is 54.6 Å². The molecular weight excluding hydrogens is 364 g/mol. The van der Waals surface area contributed by atoms with Gasteiger partial charge in [0, 0.05) is 25.2 Å². The summed E-state index contributed by atoms with van der Waals surface area (Å²) in [6.07, 6.45) is 1.85. The fourth-order valence-corrected chi connectivity index (χ4v) is 4.40. The van der Waals surface area contributed by atoms with Gasteiger partial charge in [-0.05, 0) is 36.0 Å². The van der Waals surface area contributed by atoms with Crippen molar-refractivity contribution in [3.8, 4) is 0 Å². The van der Waals surface area contributed by atoms with Crippen molar-refractivity contribution < 1.29 is 14.7 Å². The summed E-state index contributed by atoms with van der Waals surface area (Å²) < 4.78 is 0. The molecule has 0 bridgehead atoms. The fourth-order valence-electron chi connectivity index (χ4n) is 4.40. The molecule has 0 saturated carbocycles. The first-order chi connectivity index (χ1) is 14.0. The number of fused-ring (bicyclic) bond motifs is 1. The Morgan fingerprint density at radius 2 is 1.72 bits per heavy atom. The van der Waals surface area contributed by atoms with E-state index >= 15 is 0 Å². The van der Waals surface area contributed by atoms with E-state index in [2.05, 4.69) is 19.1 Å². The van der Waals surface area contributed by atoms with Crippen LogP contribution in [0.5, 0.6) is 0 Å². The van der Waals surface area contributed by atoms with Crippen LogP contribution in [0.3, 0.4) is 0 Å². The SMILES string of the molecule is C[C@H](CC(=O)N1CCC(O)(CN2C(=O)Cc3ccccc32)CC1)c1ccccc1. The van der Waals surface area contributed by atoms with Crippen molar-refractivity contribution in [2.75, 3.05) is 24.5 Å². The molecule has 0 radical (unpaired) electrons. The molecular formula is C24H28N2O3. The molecule has 2 amide bonds. The highest BCUT2D eigenvalue weighted by Gasteiger charge is 2.39. The Morgan fingerprint density at radius 1 is 1.07 bits per heavy atom. The first kappa shape index (κ1) is 19.6. The minimum atomic E-state index is -0.949. The van der Waals surface area contributed by atoms with E-state index in [0.717, 1.165) is 11.3 Å². The van der Waals surface area contributed by atoms with Crippen molar-refractivity contribution in [3.63, 3.8) is 0 Å². The summed E-state index contributed by atoms with van der Waals surface area (Å²) in [5, 5.41) is 11.1. The number of piperidine rings is 1. The lowest BCUT2D eigenvalue weighted by Gasteiger charge is -2.40. The minimum absolute atomic E-state index is 0.0369. The van der Waals surface area contributed by atoms with Crippen LogP contribution in [0.1, 0.15) is 43.2 Å². The van der Waals surface area contributed by atoms with Gasteiger partial charge in [0.25, 0.3) is 0 Å². The standard InChI is InChI=1S/C24H28N2O3/c1-18(19-7-3-2-4-8-19)15-22(27)25-13-11-24(29,12-14-25)17-26-21-10-6-5-9-20(21)16-23(26)28/h2-10,18,29H,11-17H2,1H3/t18-/m1/s1. The molecule has 2 aromatic carbocycles. The van der Waals surface area contributed by atoms with E-state index in [-0.39, 0.29) is 17.7 Å². The average Bonchev–Trinajstić information content (AvgIpc) is 3.04. The van der Waals surface area contributed by atoms with Crippen LogP contribution in [0.25, 0.3) is 0 Å². The molecule has 1 atom stereocenters. The lowest BCUT2D eigenvalue weighted by atomic mass is 9.89. The number of hydrogen-bond acceptors (Lipinski definition) is 3. The second kappa shape index (κ2) is 7.99. The zero-order chi connectivity index (χ0) is 20.4. The predicted molar refractivity (Wildman–Crippen MR) is 113 cm³/mol. The number of rotatable bonds is 5. The van der Waals surface area contributed by atoms with E-state index in [1.54, 1.807) is 4.90 Å². The van der Waals surface area contributed by atoms with Crippen LogP contribution in [-0.2, 0) is 16.0 Å². The Kier molecular flexibility index (Phi) is 5.41. The van der Waals surface area contributed by atoms with Crippen molar-refractivity contribution in [1.29, 1.82) is 0 Å². The number of carbonyl (C=O) groups excluding carboxylic acids is 2. The molecule has 2 aliphatic rings. The van der Waals surface area contributed by atoms with Gasteiger partial charge in [-0.25, -0.2) is 0 Å². The minimum Gasteiger partial charge on any atom is -0.388 e. The molecule has 1 saturated heterocycles. The Bertz CT molecular complexity index is 888. The Hall–Kier alpha value is -2.66. The predicted octanol–water partition coefficient (Wildman–Crippen LogP) is 3.12. The van der Waals surface area contributed by atoms with E-state index in [0.29, 0.717) is 45.3 Å². The number of para-hydroxylation sites is 1. The lowest BCUT2D eigenvalue weighted by Crippen LogP contribution is -2.52. The van der Waals surface area contributed by atoms with Gasteiger partial charge in [0.05, 0.1) is 18.6 Å². The lowest BCUT2D eigenvalue weighted by molar-refractivity contribution is -0.136. The quantitative estimate of drug-likeness (QED) is 0.850. The fraction of sp³-hybridized carbons (Fsp3) is 0.417. The van der Waals surface area contributed by atoms with Crippen LogP contribution in [0, 0.1) is 0 Å². The van der Waals surface area contributed by atoms with E-state index in [1.165, 1.54) is 5.56 Å². The third-order valence-corrected chi connectivity index (χ3v) is 6.27. The van der Waals surface area contributed by atoms with Crippen molar-refractivity contribution in [2.24, 2.45) is 0 Å². The van der Waals surface area contributed by atoms with Gasteiger partial charge in [-0.15, -0.1) is 0 Å². The summed E-state index contributed by atoms with van der Waals surface area (Å²) in [5.74, 6) is 0.337. The van der Waals surface area contributed by atoms with Gasteiger partial charge in [0.1, 0.15) is 0 Å². The van der Waals surface area contributed by atoms with Crippen LogP contribution in [0.4, 0.5) is 5.69 Å². The summed E-state index contributed by atoms with van der Waals surface area (Å²) in [4.78, 5) is 28.7. The number of carbonyl (C=O) groups is 2. The summed E-state index contributed by atoms with van der Waals surface area (Å²) in [6.45, 7) is 3.43. The molecule has 2 aromatic rings. The maximum Gasteiger partial charge on any atom is 0.231 e. The topological polar surface area (TPSA) is 60.9 Å². The number of hydrogen-bond donors (Lipinski definition) is 1. The third-order valence-electron chi connectivity index (χ3n) is 6.27. The van der Waals surface area contributed by atoms with Crippen LogP contribution in [-0.4, -0.2) is 47.1 Å². The first-order valence-electron chi connectivity index (χ1n) is 10.4. The van der Waals surface area contributed by atoms with Crippen molar-refractivity contribution in [2.45, 2.75) is 44.1 Å². The van der Waals surface area contributed by atoms with Gasteiger partial charge in [-0.3, -0.25) is 9.59 Å². The number of β-amino-alcohol motifs (C(OH)–C–C–N with tert-alkyl or cyclic N) is 1. The van der Waals surface area contributed by atoms with Crippen molar-refractivity contribution in [1.82, 2.24) is 4.90 Å². The Morgan fingerprint density at radius 3 is 2.45 bits per heavy atom. The number of anilines is 1. The molecule has 0 aliphatic carbocycles. The smallest absolute Gasteiger partial charge is 0.231 e. The van der Waals surface area contributed by atoms with Crippen LogP contribution in [0.2, 0.25) is 0 Å². The molecule has 5 nitrogen and oxygen atoms in total. The van der Waals surface area contributed by atoms with Crippen molar-refractivity contribution >= 4 is 17.5 Å². The van der Waals surface area contributed by atoms with Crippen LogP contribution >= 0.6 is 0 Å². The van der Waals surface area contributed by atoms with Gasteiger partial charge in [-0.1, -0.05) is 55.5 Å². The summed E-state index contributed by atoms with van der Waals surface area (Å²) in [6, 6.07) is 17.8. The number of aliphatic hydroxyl groups is 1. The number of benzene rings is 2. The molecule has 152 valence electrons. The molecule has 0 spiro atoms. The largest absolute Gasteiger partial charge is 0.388 e. The number of nitrogens with zero attached hydrogens (tertiary/aromatic N) is 2. The second-order valence-electron chi connectivity index (χ2n) is 8.41. The van der Waals surface area contributed by atoms with E-state index < -0.39 is 5.60 Å². The van der Waals surface area contributed by atoms with Crippen molar-refractivity contribution in [3.05, 3.63) is 65.7 Å². The zero-order valence-electron chi connectivity index (χ0n) is 16.9. The highest BCUT2D eigenvalue weighted by Crippen LogP contribution is 2.33. The number of amides is 2. The monoisotopic (exact) mass is 392 g/mol.